The second kappa shape index (κ2) is 5.31. The van der Waals surface area contributed by atoms with Crippen LogP contribution in [0, 0.1) is 6.92 Å². The predicted octanol–water partition coefficient (Wildman–Crippen LogP) is 1.60. The molecule has 19 heavy (non-hydrogen) atoms. The number of hydrogen-bond donors (Lipinski definition) is 1. The summed E-state index contributed by atoms with van der Waals surface area (Å²) in [6.07, 6.45) is 2.07. The zero-order valence-electron chi connectivity index (χ0n) is 11.3. The lowest BCUT2D eigenvalue weighted by molar-refractivity contribution is -0.133. The van der Waals surface area contributed by atoms with Gasteiger partial charge in [0.2, 0.25) is 5.91 Å². The summed E-state index contributed by atoms with van der Waals surface area (Å²) < 4.78 is 5.53. The number of carbonyl (C=O) groups is 1. The molecule has 0 aromatic heterocycles. The largest absolute Gasteiger partial charge is 0.379 e. The summed E-state index contributed by atoms with van der Waals surface area (Å²) in [5.74, 6) is 0.182. The molecule has 2 atom stereocenters. The molecule has 0 aliphatic carbocycles. The van der Waals surface area contributed by atoms with Crippen LogP contribution in [0.25, 0.3) is 0 Å². The van der Waals surface area contributed by atoms with Gasteiger partial charge in [0.15, 0.2) is 0 Å². The molecule has 0 bridgehead atoms. The van der Waals surface area contributed by atoms with E-state index in [1.54, 1.807) is 0 Å². The second-order valence-corrected chi connectivity index (χ2v) is 5.37. The molecule has 0 radical (unpaired) electrons. The topological polar surface area (TPSA) is 41.6 Å². The number of benzene rings is 1. The number of aryl methyl sites for hydroxylation is 1. The fourth-order valence-electron chi connectivity index (χ4n) is 2.99. The third kappa shape index (κ3) is 2.51. The van der Waals surface area contributed by atoms with Crippen molar-refractivity contribution in [3.05, 3.63) is 35.4 Å². The van der Waals surface area contributed by atoms with Crippen molar-refractivity contribution in [2.45, 2.75) is 32.0 Å². The molecule has 1 amide bonds. The predicted molar refractivity (Wildman–Crippen MR) is 72.6 cm³/mol. The van der Waals surface area contributed by atoms with E-state index in [-0.39, 0.29) is 18.1 Å². The maximum Gasteiger partial charge on any atom is 0.238 e. The molecule has 4 heteroatoms. The highest BCUT2D eigenvalue weighted by Gasteiger charge is 2.37. The van der Waals surface area contributed by atoms with Crippen LogP contribution < -0.4 is 5.32 Å². The minimum atomic E-state index is -0.000833. The number of amides is 1. The van der Waals surface area contributed by atoms with Crippen LogP contribution in [0.2, 0.25) is 0 Å². The Hall–Kier alpha value is -1.39. The summed E-state index contributed by atoms with van der Waals surface area (Å²) >= 11 is 0. The van der Waals surface area contributed by atoms with Gasteiger partial charge in [-0.2, -0.15) is 0 Å². The van der Waals surface area contributed by atoms with Gasteiger partial charge in [-0.05, 0) is 25.3 Å². The Labute approximate surface area is 113 Å². The number of nitrogens with one attached hydrogen (secondary N) is 1. The second-order valence-electron chi connectivity index (χ2n) is 5.37. The molecule has 102 valence electrons. The Morgan fingerprint density at radius 1 is 1.42 bits per heavy atom. The van der Waals surface area contributed by atoms with Crippen molar-refractivity contribution in [1.29, 1.82) is 0 Å². The molecular weight excluding hydrogens is 240 g/mol. The maximum absolute atomic E-state index is 12.2. The van der Waals surface area contributed by atoms with E-state index in [0.717, 1.165) is 25.0 Å². The van der Waals surface area contributed by atoms with E-state index in [9.17, 15) is 4.79 Å². The highest BCUT2D eigenvalue weighted by molar-refractivity contribution is 5.81. The van der Waals surface area contributed by atoms with Gasteiger partial charge in [-0.15, -0.1) is 0 Å². The highest BCUT2D eigenvalue weighted by Crippen LogP contribution is 2.28. The van der Waals surface area contributed by atoms with Gasteiger partial charge < -0.3 is 9.64 Å². The molecule has 1 aromatic rings. The minimum absolute atomic E-state index is 0.000833. The van der Waals surface area contributed by atoms with E-state index in [4.69, 9.17) is 4.74 Å². The lowest BCUT2D eigenvalue weighted by Crippen LogP contribution is -2.44. The zero-order chi connectivity index (χ0) is 13.2. The Morgan fingerprint density at radius 2 is 2.32 bits per heavy atom. The first kappa shape index (κ1) is 12.6. The molecule has 2 saturated heterocycles. The average molecular weight is 260 g/mol. The van der Waals surface area contributed by atoms with E-state index < -0.39 is 0 Å². The van der Waals surface area contributed by atoms with Crippen LogP contribution in [0.1, 0.15) is 30.1 Å². The number of carbonyl (C=O) groups excluding carboxylic acids is 1. The first-order chi connectivity index (χ1) is 9.25. The van der Waals surface area contributed by atoms with Crippen molar-refractivity contribution in [1.82, 2.24) is 10.2 Å². The van der Waals surface area contributed by atoms with Gasteiger partial charge in [-0.3, -0.25) is 10.1 Å². The maximum atomic E-state index is 12.2. The third-order valence-electron chi connectivity index (χ3n) is 3.90. The number of rotatable bonds is 2. The minimum Gasteiger partial charge on any atom is -0.379 e. The Bertz CT molecular complexity index is 469. The lowest BCUT2D eigenvalue weighted by Gasteiger charge is -2.35. The SMILES string of the molecule is Cc1cccc(C2NCC(=O)N2C2CCCOC2)c1. The summed E-state index contributed by atoms with van der Waals surface area (Å²) in [6.45, 7) is 3.99. The van der Waals surface area contributed by atoms with E-state index in [1.165, 1.54) is 5.56 Å². The first-order valence-electron chi connectivity index (χ1n) is 6.94. The first-order valence-corrected chi connectivity index (χ1v) is 6.94. The van der Waals surface area contributed by atoms with E-state index in [1.807, 2.05) is 11.0 Å². The standard InChI is InChI=1S/C15H20N2O2/c1-11-4-2-5-12(8-11)15-16-9-14(18)17(15)13-6-3-7-19-10-13/h2,4-5,8,13,15-16H,3,6-7,9-10H2,1H3. The lowest BCUT2D eigenvalue weighted by atomic mass is 10.0. The van der Waals surface area contributed by atoms with Gasteiger partial charge in [0.05, 0.1) is 19.2 Å². The van der Waals surface area contributed by atoms with E-state index >= 15 is 0 Å². The Kier molecular flexibility index (Phi) is 3.53. The summed E-state index contributed by atoms with van der Waals surface area (Å²) in [5.41, 5.74) is 2.38. The summed E-state index contributed by atoms with van der Waals surface area (Å²) in [4.78, 5) is 14.1. The Morgan fingerprint density at radius 3 is 3.05 bits per heavy atom. The molecule has 4 nitrogen and oxygen atoms in total. The molecule has 1 N–H and O–H groups in total. The molecule has 2 unspecified atom stereocenters. The molecule has 0 spiro atoms. The number of nitrogens with zero attached hydrogens (tertiary/aromatic N) is 1. The quantitative estimate of drug-likeness (QED) is 0.878. The van der Waals surface area contributed by atoms with Gasteiger partial charge in [-0.25, -0.2) is 0 Å². The van der Waals surface area contributed by atoms with Gasteiger partial charge in [0, 0.05) is 6.61 Å². The fraction of sp³-hybridized carbons (Fsp3) is 0.533. The van der Waals surface area contributed by atoms with Gasteiger partial charge in [0.25, 0.3) is 0 Å². The van der Waals surface area contributed by atoms with Crippen LogP contribution in [0.15, 0.2) is 24.3 Å². The van der Waals surface area contributed by atoms with Crippen molar-refractivity contribution in [2.24, 2.45) is 0 Å². The van der Waals surface area contributed by atoms with Crippen molar-refractivity contribution in [2.75, 3.05) is 19.8 Å². The van der Waals surface area contributed by atoms with Gasteiger partial charge in [0.1, 0.15) is 6.17 Å². The third-order valence-corrected chi connectivity index (χ3v) is 3.90. The molecular formula is C15H20N2O2. The molecule has 3 rings (SSSR count). The molecule has 2 fully saturated rings. The normalized spacial score (nSPS) is 27.8. The van der Waals surface area contributed by atoms with Crippen LogP contribution in [0.4, 0.5) is 0 Å². The summed E-state index contributed by atoms with van der Waals surface area (Å²) in [7, 11) is 0. The number of ether oxygens (including phenoxy) is 1. The van der Waals surface area contributed by atoms with Crippen LogP contribution in [-0.4, -0.2) is 36.6 Å². The molecule has 2 aliphatic heterocycles. The smallest absolute Gasteiger partial charge is 0.238 e. The van der Waals surface area contributed by atoms with Crippen LogP contribution in [0.3, 0.4) is 0 Å². The van der Waals surface area contributed by atoms with E-state index in [2.05, 4.69) is 30.4 Å². The van der Waals surface area contributed by atoms with Crippen LogP contribution >= 0.6 is 0 Å². The number of hydrogen-bond acceptors (Lipinski definition) is 3. The van der Waals surface area contributed by atoms with Gasteiger partial charge >= 0.3 is 0 Å². The van der Waals surface area contributed by atoms with Crippen molar-refractivity contribution in [3.8, 4) is 0 Å². The van der Waals surface area contributed by atoms with Gasteiger partial charge in [-0.1, -0.05) is 29.8 Å². The monoisotopic (exact) mass is 260 g/mol. The van der Waals surface area contributed by atoms with Crippen LogP contribution in [-0.2, 0) is 9.53 Å². The van der Waals surface area contributed by atoms with E-state index in [0.29, 0.717) is 13.2 Å². The highest BCUT2D eigenvalue weighted by atomic mass is 16.5. The van der Waals surface area contributed by atoms with Crippen molar-refractivity contribution in [3.63, 3.8) is 0 Å². The Balaban J connectivity index is 1.85. The average Bonchev–Trinajstić information content (AvgIpc) is 2.82. The molecule has 2 aliphatic rings. The van der Waals surface area contributed by atoms with Crippen molar-refractivity contribution < 1.29 is 9.53 Å². The summed E-state index contributed by atoms with van der Waals surface area (Å²) in [5, 5.41) is 3.32. The van der Waals surface area contributed by atoms with Crippen LogP contribution in [0.5, 0.6) is 0 Å². The fourth-order valence-corrected chi connectivity index (χ4v) is 2.99. The molecule has 1 aromatic carbocycles. The molecule has 2 heterocycles. The molecule has 0 saturated carbocycles. The van der Waals surface area contributed by atoms with Crippen molar-refractivity contribution >= 4 is 5.91 Å². The zero-order valence-corrected chi connectivity index (χ0v) is 11.3. The summed E-state index contributed by atoms with van der Waals surface area (Å²) in [6, 6.07) is 8.56.